The molecule has 124 valence electrons. The summed E-state index contributed by atoms with van der Waals surface area (Å²) in [6.07, 6.45) is 5.66. The Labute approximate surface area is 140 Å². The van der Waals surface area contributed by atoms with Crippen molar-refractivity contribution in [3.05, 3.63) is 36.0 Å². The maximum Gasteiger partial charge on any atom is 0.289 e. The maximum absolute atomic E-state index is 12.5. The Hall–Kier alpha value is -1.73. The average molecular weight is 334 g/mol. The van der Waals surface area contributed by atoms with Gasteiger partial charge in [0.2, 0.25) is 0 Å². The predicted molar refractivity (Wildman–Crippen MR) is 89.5 cm³/mol. The molecule has 1 fully saturated rings. The van der Waals surface area contributed by atoms with Crippen LogP contribution in [0.25, 0.3) is 0 Å². The lowest BCUT2D eigenvalue weighted by molar-refractivity contribution is 0.0673. The monoisotopic (exact) mass is 334 g/mol. The molecule has 3 heterocycles. The lowest BCUT2D eigenvalue weighted by Crippen LogP contribution is -2.43. The Morgan fingerprint density at radius 2 is 2.22 bits per heavy atom. The number of imidazole rings is 1. The number of carbonyl (C=O) groups excluding carboxylic acids is 1. The van der Waals surface area contributed by atoms with Gasteiger partial charge in [-0.25, -0.2) is 4.98 Å². The van der Waals surface area contributed by atoms with Gasteiger partial charge in [-0.1, -0.05) is 11.8 Å². The summed E-state index contributed by atoms with van der Waals surface area (Å²) in [4.78, 5) is 18.6. The molecule has 0 saturated carbocycles. The molecule has 0 unspecified atom stereocenters. The van der Waals surface area contributed by atoms with E-state index in [4.69, 9.17) is 4.42 Å². The van der Waals surface area contributed by atoms with Crippen molar-refractivity contribution in [2.45, 2.75) is 29.8 Å². The molecule has 0 radical (unpaired) electrons. The first-order chi connectivity index (χ1) is 11.2. The summed E-state index contributed by atoms with van der Waals surface area (Å²) < 4.78 is 7.69. The quantitative estimate of drug-likeness (QED) is 0.849. The Kier molecular flexibility index (Phi) is 5.07. The summed E-state index contributed by atoms with van der Waals surface area (Å²) >= 11 is 1.60. The molecule has 2 aromatic heterocycles. The lowest BCUT2D eigenvalue weighted by atomic mass is 10.1. The molecule has 0 bridgehead atoms. The van der Waals surface area contributed by atoms with Gasteiger partial charge >= 0.3 is 0 Å². The number of nitrogens with one attached hydrogen (secondary N) is 1. The highest BCUT2D eigenvalue weighted by molar-refractivity contribution is 7.98. The minimum absolute atomic E-state index is 0.00667. The highest BCUT2D eigenvalue weighted by Crippen LogP contribution is 2.23. The van der Waals surface area contributed by atoms with Crippen molar-refractivity contribution in [1.29, 1.82) is 0 Å². The van der Waals surface area contributed by atoms with Crippen molar-refractivity contribution in [2.24, 2.45) is 7.05 Å². The fourth-order valence-electron chi connectivity index (χ4n) is 2.72. The molecule has 1 saturated heterocycles. The average Bonchev–Trinajstić information content (AvgIpc) is 3.21. The van der Waals surface area contributed by atoms with Crippen LogP contribution >= 0.6 is 11.8 Å². The lowest BCUT2D eigenvalue weighted by Gasteiger charge is -2.31. The first kappa shape index (κ1) is 16.1. The third-order valence-corrected chi connectivity index (χ3v) is 5.26. The Morgan fingerprint density at radius 1 is 1.43 bits per heavy atom. The van der Waals surface area contributed by atoms with E-state index in [0.29, 0.717) is 17.6 Å². The van der Waals surface area contributed by atoms with E-state index < -0.39 is 0 Å². The summed E-state index contributed by atoms with van der Waals surface area (Å²) in [5.74, 6) is 1.89. The molecule has 0 spiro atoms. The molecule has 7 heteroatoms. The number of piperidine rings is 1. The summed E-state index contributed by atoms with van der Waals surface area (Å²) in [5.41, 5.74) is 0. The number of thioether (sulfide) groups is 1. The zero-order valence-corrected chi connectivity index (χ0v) is 14.3. The summed E-state index contributed by atoms with van der Waals surface area (Å²) in [7, 11) is 3.93. The van der Waals surface area contributed by atoms with Crippen molar-refractivity contribution in [2.75, 3.05) is 20.1 Å². The smallest absolute Gasteiger partial charge is 0.289 e. The first-order valence-corrected chi connectivity index (χ1v) is 8.81. The van der Waals surface area contributed by atoms with Crippen molar-refractivity contribution in [3.63, 3.8) is 0 Å². The van der Waals surface area contributed by atoms with Gasteiger partial charge in [-0.15, -0.1) is 0 Å². The van der Waals surface area contributed by atoms with Crippen LogP contribution in [0, 0.1) is 0 Å². The Balaban J connectivity index is 1.56. The molecule has 2 aromatic rings. The van der Waals surface area contributed by atoms with Crippen molar-refractivity contribution < 1.29 is 9.21 Å². The molecule has 3 rings (SSSR count). The van der Waals surface area contributed by atoms with Gasteiger partial charge in [0.1, 0.15) is 5.76 Å². The van der Waals surface area contributed by atoms with E-state index in [9.17, 15) is 4.79 Å². The number of hydrogen-bond acceptors (Lipinski definition) is 5. The van der Waals surface area contributed by atoms with Crippen LogP contribution in [-0.4, -0.2) is 46.5 Å². The van der Waals surface area contributed by atoms with Crippen molar-refractivity contribution >= 4 is 17.7 Å². The number of hydrogen-bond donors (Lipinski definition) is 1. The number of amides is 1. The molecule has 1 amide bonds. The van der Waals surface area contributed by atoms with Gasteiger partial charge < -0.3 is 19.2 Å². The second kappa shape index (κ2) is 7.23. The Bertz CT molecular complexity index is 659. The largest absolute Gasteiger partial charge is 0.455 e. The second-order valence-corrected chi connectivity index (χ2v) is 6.67. The van der Waals surface area contributed by atoms with Gasteiger partial charge in [-0.3, -0.25) is 4.79 Å². The van der Waals surface area contributed by atoms with Crippen LogP contribution in [0.1, 0.15) is 29.2 Å². The zero-order chi connectivity index (χ0) is 16.2. The van der Waals surface area contributed by atoms with Crippen LogP contribution in [-0.2, 0) is 12.8 Å². The predicted octanol–water partition coefficient (Wildman–Crippen LogP) is 2.13. The molecule has 6 nitrogen and oxygen atoms in total. The normalized spacial score (nSPS) is 16.0. The molecule has 1 aliphatic rings. The third kappa shape index (κ3) is 3.79. The highest BCUT2D eigenvalue weighted by Gasteiger charge is 2.24. The van der Waals surface area contributed by atoms with Crippen LogP contribution in [0.15, 0.2) is 34.1 Å². The van der Waals surface area contributed by atoms with Crippen molar-refractivity contribution in [3.8, 4) is 0 Å². The van der Waals surface area contributed by atoms with E-state index >= 15 is 0 Å². The van der Waals surface area contributed by atoms with Crippen molar-refractivity contribution in [1.82, 2.24) is 19.8 Å². The van der Waals surface area contributed by atoms with E-state index in [1.54, 1.807) is 24.0 Å². The topological polar surface area (TPSA) is 63.3 Å². The fourth-order valence-corrected chi connectivity index (χ4v) is 3.55. The summed E-state index contributed by atoms with van der Waals surface area (Å²) in [6, 6.07) is 4.17. The van der Waals surface area contributed by atoms with E-state index in [-0.39, 0.29) is 5.91 Å². The highest BCUT2D eigenvalue weighted by atomic mass is 32.2. The summed E-state index contributed by atoms with van der Waals surface area (Å²) in [6.45, 7) is 1.56. The van der Waals surface area contributed by atoms with Gasteiger partial charge in [0.25, 0.3) is 5.91 Å². The third-order valence-electron chi connectivity index (χ3n) is 4.18. The molecule has 0 aliphatic carbocycles. The molecular weight excluding hydrogens is 312 g/mol. The van der Waals surface area contributed by atoms with Gasteiger partial charge in [-0.2, -0.15) is 0 Å². The van der Waals surface area contributed by atoms with Gasteiger partial charge in [0.15, 0.2) is 10.9 Å². The zero-order valence-electron chi connectivity index (χ0n) is 13.5. The number of likely N-dealkylation sites (tertiary alicyclic amines) is 1. The fraction of sp³-hybridized carbons (Fsp3) is 0.500. The van der Waals surface area contributed by atoms with E-state index in [0.717, 1.165) is 36.8 Å². The second-order valence-electron chi connectivity index (χ2n) is 5.73. The van der Waals surface area contributed by atoms with Crippen LogP contribution in [0.2, 0.25) is 0 Å². The standard InChI is InChI=1S/C16H22N4O2S/c1-17-12-5-8-20(9-6-12)15(21)14-4-3-13(22-14)11-23-16-18-7-10-19(16)2/h3-4,7,10,12,17H,5-6,8-9,11H2,1-2H3. The molecule has 1 N–H and O–H groups in total. The van der Waals surface area contributed by atoms with Crippen LogP contribution in [0.5, 0.6) is 0 Å². The van der Waals surface area contributed by atoms with E-state index in [1.807, 2.05) is 35.8 Å². The SMILES string of the molecule is CNC1CCN(C(=O)c2ccc(CSc3nccn3C)o2)CC1. The number of nitrogens with zero attached hydrogens (tertiary/aromatic N) is 3. The van der Waals surface area contributed by atoms with E-state index in [1.165, 1.54) is 0 Å². The summed E-state index contributed by atoms with van der Waals surface area (Å²) in [5, 5.41) is 4.20. The number of carbonyl (C=O) groups is 1. The van der Waals surface area contributed by atoms with Gasteiger partial charge in [-0.05, 0) is 32.0 Å². The number of rotatable bonds is 5. The van der Waals surface area contributed by atoms with Gasteiger partial charge in [0.05, 0.1) is 5.75 Å². The number of furan rings is 1. The minimum atomic E-state index is -0.00667. The van der Waals surface area contributed by atoms with Crippen LogP contribution in [0.4, 0.5) is 0 Å². The van der Waals surface area contributed by atoms with Crippen LogP contribution in [0.3, 0.4) is 0 Å². The molecule has 1 aliphatic heterocycles. The molecular formula is C16H22N4O2S. The molecule has 0 atom stereocenters. The van der Waals surface area contributed by atoms with E-state index in [2.05, 4.69) is 10.3 Å². The van der Waals surface area contributed by atoms with Gasteiger partial charge in [0, 0.05) is 38.6 Å². The number of aromatic nitrogens is 2. The Morgan fingerprint density at radius 3 is 2.87 bits per heavy atom. The molecule has 0 aromatic carbocycles. The maximum atomic E-state index is 12.5. The minimum Gasteiger partial charge on any atom is -0.455 e. The van der Waals surface area contributed by atoms with Crippen LogP contribution < -0.4 is 5.32 Å². The first-order valence-electron chi connectivity index (χ1n) is 7.82. The molecule has 23 heavy (non-hydrogen) atoms. The number of aryl methyl sites for hydroxylation is 1.